The number of halogens is 4. The van der Waals surface area contributed by atoms with Gasteiger partial charge in [-0.05, 0) is 54.5 Å². The summed E-state index contributed by atoms with van der Waals surface area (Å²) < 4.78 is 70.8. The van der Waals surface area contributed by atoms with Gasteiger partial charge in [0, 0.05) is 47.7 Å². The summed E-state index contributed by atoms with van der Waals surface area (Å²) in [6.45, 7) is -2.34. The van der Waals surface area contributed by atoms with E-state index < -0.39 is 153 Å². The smallest absolute Gasteiger partial charge is 0.423 e. The SMILES string of the molecule is CC[C@@]1(O)C(=O)OCc2c1cc1n(c2=O)Cc2c-1nc1cc(F)c(C)c3c1c2[C@H](NC(=O)[C@@H](OCNC(=O)CNC(=O)[C@H](Cc1ccccc1)NC(=O)CNC(=O)CNC(=O)[C@@H](CNCC(=O)O)N1C(=O)C=CC1=O)C(F)(F)F)CC3. The summed E-state index contributed by atoms with van der Waals surface area (Å²) in [6, 6.07) is 6.52. The van der Waals surface area contributed by atoms with Crippen molar-refractivity contribution in [3.8, 4) is 11.4 Å². The molecule has 0 unspecified atom stereocenters. The van der Waals surface area contributed by atoms with Gasteiger partial charge in [-0.1, -0.05) is 37.3 Å². The summed E-state index contributed by atoms with van der Waals surface area (Å²) in [5.41, 5.74) is -0.720. The number of pyridine rings is 2. The molecule has 3 aliphatic heterocycles. The summed E-state index contributed by atoms with van der Waals surface area (Å²) in [5, 5.41) is 36.5. The Balaban J connectivity index is 0.885. The van der Waals surface area contributed by atoms with Crippen molar-refractivity contribution in [2.45, 2.75) is 88.7 Å². The highest BCUT2D eigenvalue weighted by molar-refractivity contribution is 6.15. The van der Waals surface area contributed by atoms with Gasteiger partial charge in [-0.3, -0.25) is 52.8 Å². The van der Waals surface area contributed by atoms with E-state index >= 15 is 4.39 Å². The minimum atomic E-state index is -5.36. The molecule has 4 aromatic rings. The van der Waals surface area contributed by atoms with Crippen molar-refractivity contribution in [1.29, 1.82) is 0 Å². The second-order valence-electron chi connectivity index (χ2n) is 19.2. The van der Waals surface area contributed by atoms with Gasteiger partial charge in [0.2, 0.25) is 35.6 Å². The number of imide groups is 1. The molecule has 0 spiro atoms. The maximum atomic E-state index is 15.4. The monoisotopic (exact) mass is 1130 g/mol. The summed E-state index contributed by atoms with van der Waals surface area (Å²) in [7, 11) is 0. The number of nitrogens with zero attached hydrogens (tertiary/aromatic N) is 3. The third-order valence-corrected chi connectivity index (χ3v) is 14.0. The minimum absolute atomic E-state index is 0.000968. The molecule has 25 nitrogen and oxygen atoms in total. The number of esters is 1. The van der Waals surface area contributed by atoms with Crippen LogP contribution in [0.3, 0.4) is 0 Å². The number of benzene rings is 2. The number of ether oxygens (including phenoxy) is 2. The lowest BCUT2D eigenvalue weighted by Gasteiger charge is -2.31. The van der Waals surface area contributed by atoms with E-state index in [9.17, 15) is 71.0 Å². The zero-order chi connectivity index (χ0) is 58.7. The van der Waals surface area contributed by atoms with Crippen LogP contribution >= 0.6 is 0 Å². The van der Waals surface area contributed by atoms with Crippen LogP contribution in [0.25, 0.3) is 22.3 Å². The van der Waals surface area contributed by atoms with Crippen molar-refractivity contribution in [3.05, 3.63) is 110 Å². The Kier molecular flexibility index (Phi) is 17.1. The normalized spacial score (nSPS) is 17.9. The standard InChI is InChI=1S/C52H52F4N10O15/c1-3-51(79)29-14-34-44-27(21-65(34)49(77)28(29)22-80-50(51)78)43-31(10-9-26-24(2)30(53)15-32(63-44)42(26)43)64-48(76)45(52(54,55)56)81-23-61-37(68)18-59-46(74)33(13-25-7-5-4-6-8-25)62-38(69)19-58-36(67)17-60-47(75)35(16-57-20-41(72)73)66-39(70)11-12-40(66)71/h4-8,11-12,14-15,31,33,35,45,57,79H,3,9-10,13,16-23H2,1-2H3,(H,58,67)(H,59,74)(H,60,75)(H,61,68)(H,62,69)(H,64,76)(H,72,73)/t31-,33+,35-,45-,51+/m1/s1. The number of carbonyl (C=O) groups excluding carboxylic acids is 9. The Labute approximate surface area is 455 Å². The quantitative estimate of drug-likeness (QED) is 0.0168. The molecule has 4 aliphatic rings. The second-order valence-corrected chi connectivity index (χ2v) is 19.2. The van der Waals surface area contributed by atoms with Crippen molar-refractivity contribution in [2.24, 2.45) is 0 Å². The van der Waals surface area contributed by atoms with Crippen molar-refractivity contribution >= 4 is 70.1 Å². The van der Waals surface area contributed by atoms with Crippen LogP contribution in [0.2, 0.25) is 0 Å². The molecule has 8 amide bonds. The number of carboxylic acids is 1. The van der Waals surface area contributed by atoms with Crippen molar-refractivity contribution in [3.63, 3.8) is 0 Å². The van der Waals surface area contributed by atoms with Crippen LogP contribution in [-0.2, 0) is 89.0 Å². The fourth-order valence-electron chi connectivity index (χ4n) is 9.99. The zero-order valence-corrected chi connectivity index (χ0v) is 43.0. The Morgan fingerprint density at radius 3 is 2.20 bits per heavy atom. The number of carboxylic acid groups (broad SMARTS) is 1. The predicted molar refractivity (Wildman–Crippen MR) is 269 cm³/mol. The van der Waals surface area contributed by atoms with E-state index in [0.29, 0.717) is 27.0 Å². The number of amides is 8. The average molecular weight is 1130 g/mol. The van der Waals surface area contributed by atoms with Crippen LogP contribution in [0.1, 0.15) is 64.8 Å². The third kappa shape index (κ3) is 12.3. The van der Waals surface area contributed by atoms with E-state index in [1.165, 1.54) is 24.5 Å². The number of fused-ring (bicyclic) bond motifs is 5. The van der Waals surface area contributed by atoms with Crippen molar-refractivity contribution in [2.75, 3.05) is 39.5 Å². The number of carbonyl (C=O) groups is 10. The lowest BCUT2D eigenvalue weighted by Crippen LogP contribution is -2.56. The fraction of sp³-hybridized carbons (Fsp3) is 0.385. The largest absolute Gasteiger partial charge is 0.480 e. The van der Waals surface area contributed by atoms with Gasteiger partial charge in [0.15, 0.2) is 5.60 Å². The first kappa shape index (κ1) is 58.2. The maximum absolute atomic E-state index is 15.4. The van der Waals surface area contributed by atoms with Crippen molar-refractivity contribution < 1.29 is 85.2 Å². The predicted octanol–water partition coefficient (Wildman–Crippen LogP) is -1.30. The molecule has 9 N–H and O–H groups in total. The lowest BCUT2D eigenvalue weighted by molar-refractivity contribution is -0.220. The number of hydrogen-bond acceptors (Lipinski definition) is 16. The molecular formula is C52H52F4N10O15. The summed E-state index contributed by atoms with van der Waals surface area (Å²) >= 11 is 0. The van der Waals surface area contributed by atoms with Gasteiger partial charge >= 0.3 is 18.1 Å². The highest BCUT2D eigenvalue weighted by Gasteiger charge is 2.49. The molecule has 8 rings (SSSR count). The van der Waals surface area contributed by atoms with E-state index in [2.05, 4.69) is 31.9 Å². The average Bonchev–Trinajstić information content (AvgIpc) is 2.31. The minimum Gasteiger partial charge on any atom is -0.480 e. The number of alkyl halides is 3. The number of aliphatic carboxylic acids is 1. The van der Waals surface area contributed by atoms with Gasteiger partial charge in [-0.15, -0.1) is 0 Å². The highest BCUT2D eigenvalue weighted by atomic mass is 19.4. The number of aliphatic hydroxyl groups is 1. The van der Waals surface area contributed by atoms with Crippen molar-refractivity contribution in [1.82, 2.24) is 51.7 Å². The van der Waals surface area contributed by atoms with Crippen LogP contribution in [0.15, 0.2) is 59.4 Å². The number of aryl methyl sites for hydroxylation is 1. The molecule has 29 heteroatoms. The number of cyclic esters (lactones) is 1. The molecule has 0 fully saturated rings. The Morgan fingerprint density at radius 1 is 0.864 bits per heavy atom. The molecule has 5 atom stereocenters. The number of rotatable bonds is 22. The van der Waals surface area contributed by atoms with Gasteiger partial charge in [-0.25, -0.2) is 14.2 Å². The Hall–Kier alpha value is -8.96. The summed E-state index contributed by atoms with van der Waals surface area (Å²) in [6.07, 6.45) is -7.03. The maximum Gasteiger partial charge on any atom is 0.423 e. The fourth-order valence-corrected chi connectivity index (χ4v) is 9.99. The van der Waals surface area contributed by atoms with E-state index in [4.69, 9.17) is 19.6 Å². The molecule has 5 heterocycles. The molecular weight excluding hydrogens is 1080 g/mol. The van der Waals surface area contributed by atoms with E-state index in [-0.39, 0.29) is 71.4 Å². The molecule has 0 bridgehead atoms. The molecule has 0 radical (unpaired) electrons. The van der Waals surface area contributed by atoms with Gasteiger partial charge < -0.3 is 61.5 Å². The summed E-state index contributed by atoms with van der Waals surface area (Å²) in [5.74, 6) is -11.3. The third-order valence-electron chi connectivity index (χ3n) is 14.0. The van der Waals surface area contributed by atoms with Crippen LogP contribution in [0.5, 0.6) is 0 Å². The number of hydrogen-bond donors (Lipinski definition) is 9. The summed E-state index contributed by atoms with van der Waals surface area (Å²) in [4.78, 5) is 146. The lowest BCUT2D eigenvalue weighted by atomic mass is 9.81. The van der Waals surface area contributed by atoms with Gasteiger partial charge in [0.05, 0.1) is 61.2 Å². The molecule has 1 aliphatic carbocycles. The van der Waals surface area contributed by atoms with Gasteiger partial charge in [-0.2, -0.15) is 13.2 Å². The zero-order valence-electron chi connectivity index (χ0n) is 43.0. The first-order valence-corrected chi connectivity index (χ1v) is 25.1. The van der Waals surface area contributed by atoms with Gasteiger partial charge in [0.25, 0.3) is 23.3 Å². The van der Waals surface area contributed by atoms with Crippen LogP contribution in [0, 0.1) is 12.7 Å². The molecule has 428 valence electrons. The molecule has 0 saturated carbocycles. The van der Waals surface area contributed by atoms with Gasteiger partial charge in [0.1, 0.15) is 31.2 Å². The number of aromatic nitrogens is 2. The molecule has 81 heavy (non-hydrogen) atoms. The van der Waals surface area contributed by atoms with Crippen LogP contribution in [-0.4, -0.2) is 148 Å². The first-order chi connectivity index (χ1) is 38.4. The number of nitrogens with one attached hydrogen (secondary N) is 7. The van der Waals surface area contributed by atoms with E-state index in [1.54, 1.807) is 30.3 Å². The molecule has 0 saturated heterocycles. The molecule has 2 aromatic heterocycles. The van der Waals surface area contributed by atoms with Crippen LogP contribution < -0.4 is 42.8 Å². The van der Waals surface area contributed by atoms with Crippen LogP contribution in [0.4, 0.5) is 17.6 Å². The van der Waals surface area contributed by atoms with E-state index in [0.717, 1.165) is 18.2 Å². The first-order valence-electron chi connectivity index (χ1n) is 25.1. The Bertz CT molecular complexity index is 3370. The second kappa shape index (κ2) is 23.8. The topological polar surface area (TPSA) is 352 Å². The molecule has 2 aromatic carbocycles. The van der Waals surface area contributed by atoms with E-state index in [1.807, 2.05) is 5.32 Å². The highest BCUT2D eigenvalue weighted by Crippen LogP contribution is 2.46. The Morgan fingerprint density at radius 2 is 1.53 bits per heavy atom.